The van der Waals surface area contributed by atoms with Crippen molar-refractivity contribution in [2.75, 3.05) is 13.7 Å². The summed E-state index contributed by atoms with van der Waals surface area (Å²) in [5.41, 5.74) is 9.68. The Morgan fingerprint density at radius 3 is 2.46 bits per heavy atom. The van der Waals surface area contributed by atoms with E-state index in [2.05, 4.69) is 15.0 Å². The molecule has 1 aliphatic heterocycles. The van der Waals surface area contributed by atoms with Gasteiger partial charge in [0, 0.05) is 28.5 Å². The van der Waals surface area contributed by atoms with Gasteiger partial charge in [-0.3, -0.25) is 0 Å². The average Bonchev–Trinajstić information content (AvgIpc) is 3.12. The number of halogens is 1. The highest BCUT2D eigenvalue weighted by Crippen LogP contribution is 2.41. The van der Waals surface area contributed by atoms with Gasteiger partial charge in [0.05, 0.1) is 7.11 Å². The van der Waals surface area contributed by atoms with Gasteiger partial charge in [0.15, 0.2) is 5.54 Å². The van der Waals surface area contributed by atoms with E-state index in [0.717, 1.165) is 33.6 Å². The lowest BCUT2D eigenvalue weighted by Gasteiger charge is -2.27. The largest absolute Gasteiger partial charge is 0.496 e. The van der Waals surface area contributed by atoms with E-state index in [4.69, 9.17) is 26.8 Å². The fourth-order valence-corrected chi connectivity index (χ4v) is 3.70. The van der Waals surface area contributed by atoms with Crippen LogP contribution < -0.4 is 10.5 Å². The first-order valence-corrected chi connectivity index (χ1v) is 9.10. The quantitative estimate of drug-likeness (QED) is 0.729. The molecule has 7 heteroatoms. The molecule has 2 aromatic carbocycles. The highest BCUT2D eigenvalue weighted by molar-refractivity contribution is 6.33. The summed E-state index contributed by atoms with van der Waals surface area (Å²) in [6.07, 6.45) is 4.94. The Labute approximate surface area is 168 Å². The van der Waals surface area contributed by atoms with Crippen LogP contribution in [0.5, 0.6) is 5.75 Å². The minimum absolute atomic E-state index is 0.160. The molecule has 28 heavy (non-hydrogen) atoms. The smallest absolute Gasteiger partial charge is 0.283 e. The van der Waals surface area contributed by atoms with E-state index in [0.29, 0.717) is 11.6 Å². The summed E-state index contributed by atoms with van der Waals surface area (Å²) >= 11 is 6.46. The molecule has 2 N–H and O–H groups in total. The third kappa shape index (κ3) is 3.05. The molecule has 1 unspecified atom stereocenters. The Balaban J connectivity index is 1.89. The number of aromatic nitrogens is 2. The zero-order chi connectivity index (χ0) is 19.7. The van der Waals surface area contributed by atoms with Gasteiger partial charge in [0.2, 0.25) is 0 Å². The van der Waals surface area contributed by atoms with E-state index in [9.17, 15) is 0 Å². The average molecular weight is 395 g/mol. The number of hydrogen-bond donors (Lipinski definition) is 1. The number of amidine groups is 1. The number of rotatable bonds is 4. The van der Waals surface area contributed by atoms with Crippen molar-refractivity contribution < 1.29 is 9.47 Å². The van der Waals surface area contributed by atoms with Gasteiger partial charge in [-0.05, 0) is 47.9 Å². The van der Waals surface area contributed by atoms with Gasteiger partial charge in [0.25, 0.3) is 6.02 Å². The van der Waals surface area contributed by atoms with Crippen LogP contribution in [0.2, 0.25) is 5.02 Å². The number of hydrogen-bond acceptors (Lipinski definition) is 6. The molecule has 1 aliphatic rings. The maximum absolute atomic E-state index is 6.46. The van der Waals surface area contributed by atoms with Crippen molar-refractivity contribution in [2.24, 2.45) is 10.7 Å². The van der Waals surface area contributed by atoms with Gasteiger partial charge in [-0.1, -0.05) is 23.7 Å². The van der Waals surface area contributed by atoms with Gasteiger partial charge in [-0.25, -0.2) is 15.0 Å². The molecule has 2 heterocycles. The van der Waals surface area contributed by atoms with Crippen molar-refractivity contribution in [3.8, 4) is 16.9 Å². The van der Waals surface area contributed by atoms with Gasteiger partial charge >= 0.3 is 0 Å². The lowest BCUT2D eigenvalue weighted by molar-refractivity contribution is 0.278. The minimum atomic E-state index is -0.768. The Morgan fingerprint density at radius 2 is 1.82 bits per heavy atom. The molecule has 0 amide bonds. The van der Waals surface area contributed by atoms with Crippen LogP contribution in [0.4, 0.5) is 0 Å². The number of ether oxygens (including phenoxy) is 2. The van der Waals surface area contributed by atoms with E-state index in [1.165, 1.54) is 6.33 Å². The van der Waals surface area contributed by atoms with Crippen LogP contribution in [-0.4, -0.2) is 29.7 Å². The first-order chi connectivity index (χ1) is 13.5. The van der Waals surface area contributed by atoms with Gasteiger partial charge in [-0.2, -0.15) is 0 Å². The monoisotopic (exact) mass is 394 g/mol. The van der Waals surface area contributed by atoms with E-state index in [-0.39, 0.29) is 6.02 Å². The van der Waals surface area contributed by atoms with Crippen molar-refractivity contribution in [3.05, 3.63) is 76.8 Å². The summed E-state index contributed by atoms with van der Waals surface area (Å²) in [5.74, 6) is 0.813. The van der Waals surface area contributed by atoms with E-state index >= 15 is 0 Å². The van der Waals surface area contributed by atoms with Crippen LogP contribution in [0.1, 0.15) is 16.7 Å². The molecule has 0 saturated heterocycles. The van der Waals surface area contributed by atoms with E-state index in [1.54, 1.807) is 19.5 Å². The van der Waals surface area contributed by atoms with Crippen molar-refractivity contribution in [1.29, 1.82) is 0 Å². The van der Waals surface area contributed by atoms with Gasteiger partial charge in [0.1, 0.15) is 18.7 Å². The Bertz CT molecular complexity index is 1060. The van der Waals surface area contributed by atoms with Crippen LogP contribution in [0.25, 0.3) is 11.1 Å². The molecule has 0 bridgehead atoms. The number of nitrogens with zero attached hydrogens (tertiary/aromatic N) is 3. The third-order valence-electron chi connectivity index (χ3n) is 4.92. The topological polar surface area (TPSA) is 82.6 Å². The van der Waals surface area contributed by atoms with Crippen LogP contribution in [0, 0.1) is 6.92 Å². The summed E-state index contributed by atoms with van der Waals surface area (Å²) in [6.45, 7) is 2.30. The fourth-order valence-electron chi connectivity index (χ4n) is 3.47. The SMILES string of the molecule is COc1ccc(C2(c3ccc(Cl)c(-c4cncnc4)c3)COC(N)=N2)cc1C. The normalized spacial score (nSPS) is 18.5. The fraction of sp³-hybridized carbons (Fsp3) is 0.190. The maximum Gasteiger partial charge on any atom is 0.283 e. The van der Waals surface area contributed by atoms with Crippen molar-refractivity contribution in [2.45, 2.75) is 12.5 Å². The number of methoxy groups -OCH3 is 1. The van der Waals surface area contributed by atoms with E-state index < -0.39 is 5.54 Å². The molecule has 6 nitrogen and oxygen atoms in total. The standard InChI is InChI=1S/C21H19ClN4O2/c1-13-7-15(4-6-19(13)27-2)21(11-28-20(23)26-21)16-3-5-18(22)17(8-16)14-9-24-12-25-10-14/h3-10,12H,11H2,1-2H3,(H2,23,26). The first kappa shape index (κ1) is 18.3. The maximum atomic E-state index is 6.46. The molecule has 0 aliphatic carbocycles. The van der Waals surface area contributed by atoms with Gasteiger partial charge in [-0.15, -0.1) is 0 Å². The molecular formula is C21H19ClN4O2. The van der Waals surface area contributed by atoms with Crippen LogP contribution in [0.3, 0.4) is 0 Å². The van der Waals surface area contributed by atoms with Crippen molar-refractivity contribution in [1.82, 2.24) is 9.97 Å². The zero-order valence-corrected chi connectivity index (χ0v) is 16.3. The summed E-state index contributed by atoms with van der Waals surface area (Å²) in [4.78, 5) is 12.9. The van der Waals surface area contributed by atoms with E-state index in [1.807, 2.05) is 43.3 Å². The summed E-state index contributed by atoms with van der Waals surface area (Å²) in [5, 5.41) is 0.607. The highest BCUT2D eigenvalue weighted by Gasteiger charge is 2.40. The summed E-state index contributed by atoms with van der Waals surface area (Å²) < 4.78 is 11.0. The third-order valence-corrected chi connectivity index (χ3v) is 5.25. The minimum Gasteiger partial charge on any atom is -0.496 e. The molecule has 0 saturated carbocycles. The summed E-state index contributed by atoms with van der Waals surface area (Å²) in [6, 6.07) is 11.9. The molecule has 1 aromatic heterocycles. The molecule has 0 spiro atoms. The van der Waals surface area contributed by atoms with Gasteiger partial charge < -0.3 is 15.2 Å². The number of nitrogens with two attached hydrogens (primary N) is 1. The van der Waals surface area contributed by atoms with Crippen LogP contribution in [0.15, 0.2) is 60.1 Å². The molecule has 0 fully saturated rings. The Hall–Kier alpha value is -3.12. The first-order valence-electron chi connectivity index (χ1n) is 8.72. The predicted octanol–water partition coefficient (Wildman–Crippen LogP) is 3.70. The summed E-state index contributed by atoms with van der Waals surface area (Å²) in [7, 11) is 1.65. The lowest BCUT2D eigenvalue weighted by atomic mass is 9.82. The molecule has 0 radical (unpaired) electrons. The molecule has 3 aromatic rings. The second kappa shape index (κ2) is 7.13. The number of aryl methyl sites for hydroxylation is 1. The van der Waals surface area contributed by atoms with Crippen molar-refractivity contribution in [3.63, 3.8) is 0 Å². The van der Waals surface area contributed by atoms with Crippen molar-refractivity contribution >= 4 is 17.6 Å². The van der Waals surface area contributed by atoms with Crippen LogP contribution >= 0.6 is 11.6 Å². The predicted molar refractivity (Wildman–Crippen MR) is 109 cm³/mol. The zero-order valence-electron chi connectivity index (χ0n) is 15.5. The molecular weight excluding hydrogens is 376 g/mol. The second-order valence-electron chi connectivity index (χ2n) is 6.61. The molecule has 142 valence electrons. The Morgan fingerprint density at radius 1 is 1.11 bits per heavy atom. The highest BCUT2D eigenvalue weighted by atomic mass is 35.5. The lowest BCUT2D eigenvalue weighted by Crippen LogP contribution is -2.27. The number of benzene rings is 2. The van der Waals surface area contributed by atoms with Crippen LogP contribution in [-0.2, 0) is 10.3 Å². The molecule has 4 rings (SSSR count). The molecule has 1 atom stereocenters. The second-order valence-corrected chi connectivity index (χ2v) is 7.01. The Kier molecular flexibility index (Phi) is 4.65. The number of aliphatic imine (C=N–C) groups is 1.